The number of imide groups is 1. The average molecular weight is 336 g/mol. The van der Waals surface area contributed by atoms with Gasteiger partial charge in [-0.3, -0.25) is 10.1 Å². The number of carbonyl (C=O) groups excluding carboxylic acids is 3. The van der Waals surface area contributed by atoms with E-state index in [0.717, 1.165) is 12.8 Å². The van der Waals surface area contributed by atoms with Crippen LogP contribution in [-0.4, -0.2) is 44.3 Å². The fraction of sp³-hybridized carbons (Fsp3) is 0.438. The molecule has 1 saturated carbocycles. The average Bonchev–Trinajstić information content (AvgIpc) is 3.37. The number of rotatable bonds is 7. The molecule has 1 aliphatic carbocycles. The second-order valence-electron chi connectivity index (χ2n) is 5.17. The summed E-state index contributed by atoms with van der Waals surface area (Å²) in [5.41, 5.74) is 0.213. The van der Waals surface area contributed by atoms with Crippen LogP contribution >= 0.6 is 0 Å². The molecule has 2 rings (SSSR count). The van der Waals surface area contributed by atoms with Crippen LogP contribution in [0.2, 0.25) is 0 Å². The van der Waals surface area contributed by atoms with Crippen molar-refractivity contribution < 1.29 is 28.6 Å². The Bertz CT molecular complexity index is 627. The second-order valence-corrected chi connectivity index (χ2v) is 5.17. The summed E-state index contributed by atoms with van der Waals surface area (Å²) in [4.78, 5) is 34.9. The lowest BCUT2D eigenvalue weighted by Crippen LogP contribution is -2.42. The molecular formula is C16H20N2O6. The van der Waals surface area contributed by atoms with Gasteiger partial charge in [0.2, 0.25) is 0 Å². The Balaban J connectivity index is 1.84. The van der Waals surface area contributed by atoms with Crippen LogP contribution in [0.1, 0.15) is 30.1 Å². The second kappa shape index (κ2) is 8.19. The Hall–Kier alpha value is -2.77. The lowest BCUT2D eigenvalue weighted by Gasteiger charge is -2.11. The van der Waals surface area contributed by atoms with Crippen molar-refractivity contribution in [2.24, 2.45) is 0 Å². The van der Waals surface area contributed by atoms with Crippen molar-refractivity contribution >= 4 is 17.9 Å². The minimum absolute atomic E-state index is 0.136. The summed E-state index contributed by atoms with van der Waals surface area (Å²) in [6, 6.07) is 4.11. The molecule has 0 aliphatic heterocycles. The van der Waals surface area contributed by atoms with Gasteiger partial charge in [-0.05, 0) is 38.0 Å². The molecule has 24 heavy (non-hydrogen) atoms. The van der Waals surface area contributed by atoms with E-state index in [1.54, 1.807) is 6.07 Å². The zero-order chi connectivity index (χ0) is 17.5. The fourth-order valence-electron chi connectivity index (χ4n) is 1.90. The third-order valence-corrected chi connectivity index (χ3v) is 3.20. The summed E-state index contributed by atoms with van der Waals surface area (Å²) < 4.78 is 15.4. The molecule has 0 saturated heterocycles. The van der Waals surface area contributed by atoms with E-state index in [-0.39, 0.29) is 11.6 Å². The predicted molar refractivity (Wildman–Crippen MR) is 84.1 cm³/mol. The molecule has 3 amide bonds. The summed E-state index contributed by atoms with van der Waals surface area (Å²) in [7, 11) is 1.46. The molecule has 1 fully saturated rings. The van der Waals surface area contributed by atoms with E-state index in [0.29, 0.717) is 18.1 Å². The molecule has 0 aromatic heterocycles. The molecule has 0 spiro atoms. The van der Waals surface area contributed by atoms with Crippen LogP contribution in [0.25, 0.3) is 0 Å². The molecule has 2 N–H and O–H groups in total. The topological polar surface area (TPSA) is 103 Å². The number of benzene rings is 1. The van der Waals surface area contributed by atoms with Gasteiger partial charge in [-0.1, -0.05) is 0 Å². The van der Waals surface area contributed by atoms with Crippen molar-refractivity contribution in [1.29, 1.82) is 0 Å². The van der Waals surface area contributed by atoms with Crippen LogP contribution in [0.3, 0.4) is 0 Å². The van der Waals surface area contributed by atoms with Crippen molar-refractivity contribution in [3.05, 3.63) is 23.8 Å². The highest BCUT2D eigenvalue weighted by molar-refractivity contribution is 5.97. The van der Waals surface area contributed by atoms with Crippen LogP contribution in [0, 0.1) is 0 Å². The highest BCUT2D eigenvalue weighted by Crippen LogP contribution is 2.28. The first kappa shape index (κ1) is 17.6. The van der Waals surface area contributed by atoms with Crippen LogP contribution < -0.4 is 20.1 Å². The SMILES string of the molecule is CCOc1ccc(C(=O)OCC(=O)NC(=O)NC2CC2)cc1OC. The van der Waals surface area contributed by atoms with Gasteiger partial charge in [0.1, 0.15) is 0 Å². The largest absolute Gasteiger partial charge is 0.493 e. The third kappa shape index (κ3) is 5.15. The third-order valence-electron chi connectivity index (χ3n) is 3.20. The van der Waals surface area contributed by atoms with E-state index in [4.69, 9.17) is 14.2 Å². The highest BCUT2D eigenvalue weighted by Gasteiger charge is 2.24. The molecule has 8 heteroatoms. The van der Waals surface area contributed by atoms with Crippen molar-refractivity contribution in [1.82, 2.24) is 10.6 Å². The van der Waals surface area contributed by atoms with E-state index in [9.17, 15) is 14.4 Å². The predicted octanol–water partition coefficient (Wildman–Crippen LogP) is 1.24. The van der Waals surface area contributed by atoms with Gasteiger partial charge < -0.3 is 19.5 Å². The van der Waals surface area contributed by atoms with Gasteiger partial charge in [0.25, 0.3) is 5.91 Å². The molecule has 0 unspecified atom stereocenters. The van der Waals surface area contributed by atoms with Gasteiger partial charge >= 0.3 is 12.0 Å². The lowest BCUT2D eigenvalue weighted by molar-refractivity contribution is -0.123. The van der Waals surface area contributed by atoms with Crippen molar-refractivity contribution in [3.8, 4) is 11.5 Å². The van der Waals surface area contributed by atoms with E-state index in [2.05, 4.69) is 10.6 Å². The number of urea groups is 1. The summed E-state index contributed by atoms with van der Waals surface area (Å²) >= 11 is 0. The highest BCUT2D eigenvalue weighted by atomic mass is 16.5. The standard InChI is InChI=1S/C16H20N2O6/c1-3-23-12-7-4-10(8-13(12)22-2)15(20)24-9-14(19)18-16(21)17-11-5-6-11/h4,7-8,11H,3,5-6,9H2,1-2H3,(H2,17,18,19,21). The van der Waals surface area contributed by atoms with Gasteiger partial charge in [-0.15, -0.1) is 0 Å². The van der Waals surface area contributed by atoms with Crippen LogP contribution in [0.5, 0.6) is 11.5 Å². The number of nitrogens with one attached hydrogen (secondary N) is 2. The van der Waals surface area contributed by atoms with Gasteiger partial charge in [-0.2, -0.15) is 0 Å². The summed E-state index contributed by atoms with van der Waals surface area (Å²) in [6.07, 6.45) is 1.83. The first-order valence-electron chi connectivity index (χ1n) is 7.61. The number of esters is 1. The maximum Gasteiger partial charge on any atom is 0.338 e. The van der Waals surface area contributed by atoms with Gasteiger partial charge in [0.15, 0.2) is 18.1 Å². The van der Waals surface area contributed by atoms with Crippen LogP contribution in [0.15, 0.2) is 18.2 Å². The molecule has 130 valence electrons. The van der Waals surface area contributed by atoms with E-state index < -0.39 is 24.5 Å². The summed E-state index contributed by atoms with van der Waals surface area (Å²) in [5, 5.41) is 4.69. The monoisotopic (exact) mass is 336 g/mol. The number of amides is 3. The number of methoxy groups -OCH3 is 1. The molecule has 8 nitrogen and oxygen atoms in total. The van der Waals surface area contributed by atoms with Gasteiger partial charge in [0.05, 0.1) is 19.3 Å². The van der Waals surface area contributed by atoms with E-state index in [1.165, 1.54) is 19.2 Å². The Labute approximate surface area is 139 Å². The van der Waals surface area contributed by atoms with Crippen LogP contribution in [-0.2, 0) is 9.53 Å². The van der Waals surface area contributed by atoms with Crippen molar-refractivity contribution in [2.75, 3.05) is 20.3 Å². The maximum atomic E-state index is 12.0. The molecule has 1 aromatic carbocycles. The van der Waals surface area contributed by atoms with Crippen molar-refractivity contribution in [3.63, 3.8) is 0 Å². The van der Waals surface area contributed by atoms with Gasteiger partial charge in [0, 0.05) is 6.04 Å². The first-order chi connectivity index (χ1) is 11.5. The molecule has 0 heterocycles. The Morgan fingerprint density at radius 2 is 1.96 bits per heavy atom. The first-order valence-corrected chi connectivity index (χ1v) is 7.61. The minimum Gasteiger partial charge on any atom is -0.493 e. The normalized spacial score (nSPS) is 12.9. The molecule has 1 aliphatic rings. The fourth-order valence-corrected chi connectivity index (χ4v) is 1.90. The zero-order valence-electron chi connectivity index (χ0n) is 13.6. The molecule has 0 atom stereocenters. The number of carbonyl (C=O) groups is 3. The smallest absolute Gasteiger partial charge is 0.338 e. The molecule has 1 aromatic rings. The summed E-state index contributed by atoms with van der Waals surface area (Å²) in [6.45, 7) is 1.75. The van der Waals surface area contributed by atoms with Gasteiger partial charge in [-0.25, -0.2) is 9.59 Å². The Kier molecular flexibility index (Phi) is 6.00. The lowest BCUT2D eigenvalue weighted by atomic mass is 10.2. The molecule has 0 bridgehead atoms. The Morgan fingerprint density at radius 3 is 2.58 bits per heavy atom. The quantitative estimate of drug-likeness (QED) is 0.726. The maximum absolute atomic E-state index is 12.0. The number of hydrogen-bond acceptors (Lipinski definition) is 6. The summed E-state index contributed by atoms with van der Waals surface area (Å²) in [5.74, 6) is -0.501. The van der Waals surface area contributed by atoms with Crippen molar-refractivity contribution in [2.45, 2.75) is 25.8 Å². The molecular weight excluding hydrogens is 316 g/mol. The minimum atomic E-state index is -0.700. The molecule has 0 radical (unpaired) electrons. The zero-order valence-corrected chi connectivity index (χ0v) is 13.6. The van der Waals surface area contributed by atoms with E-state index in [1.807, 2.05) is 6.92 Å². The van der Waals surface area contributed by atoms with Crippen LogP contribution in [0.4, 0.5) is 4.79 Å². The van der Waals surface area contributed by atoms with E-state index >= 15 is 0 Å². The Morgan fingerprint density at radius 1 is 1.21 bits per heavy atom. The number of ether oxygens (including phenoxy) is 3. The number of hydrogen-bond donors (Lipinski definition) is 2.